The van der Waals surface area contributed by atoms with Gasteiger partial charge in [0.15, 0.2) is 0 Å². The van der Waals surface area contributed by atoms with E-state index in [0.29, 0.717) is 13.0 Å². The van der Waals surface area contributed by atoms with Crippen LogP contribution in [0.15, 0.2) is 47.8 Å². The molecule has 0 amide bonds. The number of esters is 1. The van der Waals surface area contributed by atoms with Crippen LogP contribution in [0.1, 0.15) is 22.9 Å². The van der Waals surface area contributed by atoms with Gasteiger partial charge in [-0.3, -0.25) is 4.79 Å². The highest BCUT2D eigenvalue weighted by Gasteiger charge is 2.25. The van der Waals surface area contributed by atoms with Crippen molar-refractivity contribution in [2.75, 3.05) is 6.61 Å². The molecule has 2 heterocycles. The van der Waals surface area contributed by atoms with Gasteiger partial charge in [-0.25, -0.2) is 0 Å². The van der Waals surface area contributed by atoms with Gasteiger partial charge in [0.1, 0.15) is 6.61 Å². The lowest BCUT2D eigenvalue weighted by molar-refractivity contribution is -0.143. The van der Waals surface area contributed by atoms with Crippen molar-refractivity contribution in [3.63, 3.8) is 0 Å². The van der Waals surface area contributed by atoms with E-state index in [2.05, 4.69) is 28.9 Å². The average molecular weight is 287 g/mol. The third-order valence-corrected chi connectivity index (χ3v) is 4.39. The number of benzene rings is 1. The summed E-state index contributed by atoms with van der Waals surface area (Å²) < 4.78 is 5.32. The normalized spacial score (nSPS) is 23.1. The Morgan fingerprint density at radius 2 is 2.05 bits per heavy atom. The van der Waals surface area contributed by atoms with E-state index in [9.17, 15) is 4.79 Å². The van der Waals surface area contributed by atoms with E-state index in [1.165, 1.54) is 10.4 Å². The van der Waals surface area contributed by atoms with Crippen molar-refractivity contribution >= 4 is 17.3 Å². The fourth-order valence-corrected chi connectivity index (χ4v) is 3.29. The van der Waals surface area contributed by atoms with Gasteiger partial charge in [0, 0.05) is 10.9 Å². The Morgan fingerprint density at radius 3 is 2.80 bits per heavy atom. The summed E-state index contributed by atoms with van der Waals surface area (Å²) in [6.07, 6.45) is 1.30. The molecule has 1 saturated heterocycles. The molecule has 1 aliphatic heterocycles. The van der Waals surface area contributed by atoms with Gasteiger partial charge in [0.2, 0.25) is 0 Å². The number of hydrogen-bond acceptors (Lipinski definition) is 4. The molecule has 3 nitrogen and oxygen atoms in total. The monoisotopic (exact) mass is 287 g/mol. The maximum atomic E-state index is 11.7. The van der Waals surface area contributed by atoms with Crippen LogP contribution in [0.5, 0.6) is 0 Å². The minimum Gasteiger partial charge on any atom is -0.464 e. The van der Waals surface area contributed by atoms with Crippen LogP contribution in [-0.4, -0.2) is 18.6 Å². The highest BCUT2D eigenvalue weighted by molar-refractivity contribution is 7.09. The van der Waals surface area contributed by atoms with Gasteiger partial charge >= 0.3 is 5.97 Å². The van der Waals surface area contributed by atoms with E-state index in [-0.39, 0.29) is 18.1 Å². The first kappa shape index (κ1) is 13.3. The van der Waals surface area contributed by atoms with Crippen molar-refractivity contribution in [1.29, 1.82) is 0 Å². The molecule has 4 heteroatoms. The molecule has 0 bridgehead atoms. The zero-order chi connectivity index (χ0) is 13.8. The predicted octanol–water partition coefficient (Wildman–Crippen LogP) is 2.94. The van der Waals surface area contributed by atoms with Crippen molar-refractivity contribution in [3.05, 3.63) is 58.3 Å². The molecule has 0 aliphatic carbocycles. The maximum absolute atomic E-state index is 11.7. The molecule has 0 saturated carbocycles. The summed E-state index contributed by atoms with van der Waals surface area (Å²) in [5.74, 6) is -0.113. The van der Waals surface area contributed by atoms with E-state index < -0.39 is 0 Å². The molecule has 1 aromatic carbocycles. The molecule has 20 heavy (non-hydrogen) atoms. The largest absolute Gasteiger partial charge is 0.464 e. The highest BCUT2D eigenvalue weighted by atomic mass is 32.1. The summed E-state index contributed by atoms with van der Waals surface area (Å²) in [5.41, 5.74) is 1.17. The highest BCUT2D eigenvalue weighted by Crippen LogP contribution is 2.21. The van der Waals surface area contributed by atoms with Gasteiger partial charge in [0.25, 0.3) is 0 Å². The zero-order valence-corrected chi connectivity index (χ0v) is 11.9. The van der Waals surface area contributed by atoms with E-state index in [0.717, 1.165) is 6.42 Å². The van der Waals surface area contributed by atoms with E-state index >= 15 is 0 Å². The van der Waals surface area contributed by atoms with Crippen LogP contribution in [0, 0.1) is 0 Å². The third-order valence-electron chi connectivity index (χ3n) is 3.49. The molecule has 2 atom stereocenters. The van der Waals surface area contributed by atoms with Crippen molar-refractivity contribution < 1.29 is 9.53 Å². The number of carbonyl (C=O) groups is 1. The van der Waals surface area contributed by atoms with Crippen LogP contribution in [0.25, 0.3) is 0 Å². The molecule has 1 aliphatic rings. The van der Waals surface area contributed by atoms with Crippen LogP contribution in [-0.2, 0) is 16.0 Å². The lowest BCUT2D eigenvalue weighted by Crippen LogP contribution is -2.34. The molecule has 0 radical (unpaired) electrons. The standard InChI is InChI=1S/C16H17NO2S/c18-16-10-13(9-14-7-4-8-20-14)17-15(11-19-16)12-5-2-1-3-6-12/h1-8,13,15,17H,9-11H2/t13-,15-/m1/s1. The van der Waals surface area contributed by atoms with Gasteiger partial charge < -0.3 is 10.1 Å². The van der Waals surface area contributed by atoms with E-state index in [1.54, 1.807) is 11.3 Å². The number of cyclic esters (lactones) is 1. The van der Waals surface area contributed by atoms with Crippen molar-refractivity contribution in [2.45, 2.75) is 24.9 Å². The van der Waals surface area contributed by atoms with Crippen molar-refractivity contribution in [2.24, 2.45) is 0 Å². The molecule has 104 valence electrons. The second-order valence-electron chi connectivity index (χ2n) is 5.00. The number of nitrogens with one attached hydrogen (secondary N) is 1. The summed E-state index contributed by atoms with van der Waals surface area (Å²) in [4.78, 5) is 13.0. The summed E-state index contributed by atoms with van der Waals surface area (Å²) >= 11 is 1.73. The van der Waals surface area contributed by atoms with Crippen LogP contribution in [0.3, 0.4) is 0 Å². The quantitative estimate of drug-likeness (QED) is 0.882. The Bertz CT molecular complexity index is 553. The lowest BCUT2D eigenvalue weighted by Gasteiger charge is -2.20. The number of hydrogen-bond donors (Lipinski definition) is 1. The summed E-state index contributed by atoms with van der Waals surface area (Å²) in [5, 5.41) is 5.63. The van der Waals surface area contributed by atoms with E-state index in [4.69, 9.17) is 4.74 Å². The Labute approximate surface area is 122 Å². The topological polar surface area (TPSA) is 38.3 Å². The van der Waals surface area contributed by atoms with Crippen LogP contribution < -0.4 is 5.32 Å². The summed E-state index contributed by atoms with van der Waals surface area (Å²) in [7, 11) is 0. The number of rotatable bonds is 3. The first-order valence-corrected chi connectivity index (χ1v) is 7.68. The molecule has 1 fully saturated rings. The SMILES string of the molecule is O=C1C[C@@H](Cc2cccs2)N[C@@H](c2ccccc2)CO1. The second-order valence-corrected chi connectivity index (χ2v) is 6.03. The Balaban J connectivity index is 1.75. The Kier molecular flexibility index (Phi) is 4.14. The molecule has 2 aromatic rings. The van der Waals surface area contributed by atoms with Crippen LogP contribution >= 0.6 is 11.3 Å². The van der Waals surface area contributed by atoms with Gasteiger partial charge in [-0.1, -0.05) is 36.4 Å². The first-order chi connectivity index (χ1) is 9.81. The van der Waals surface area contributed by atoms with Crippen LogP contribution in [0.2, 0.25) is 0 Å². The van der Waals surface area contributed by atoms with Gasteiger partial charge in [-0.15, -0.1) is 11.3 Å². The number of thiophene rings is 1. The van der Waals surface area contributed by atoms with Crippen molar-refractivity contribution in [1.82, 2.24) is 5.32 Å². The number of ether oxygens (including phenoxy) is 1. The van der Waals surface area contributed by atoms with Gasteiger partial charge in [-0.05, 0) is 23.4 Å². The zero-order valence-electron chi connectivity index (χ0n) is 11.1. The molecule has 1 aromatic heterocycles. The van der Waals surface area contributed by atoms with Crippen molar-refractivity contribution in [3.8, 4) is 0 Å². The molecule has 3 rings (SSSR count). The van der Waals surface area contributed by atoms with Gasteiger partial charge in [0.05, 0.1) is 12.5 Å². The molecule has 0 unspecified atom stereocenters. The van der Waals surface area contributed by atoms with E-state index in [1.807, 2.05) is 24.3 Å². The van der Waals surface area contributed by atoms with Crippen LogP contribution in [0.4, 0.5) is 0 Å². The fraction of sp³-hybridized carbons (Fsp3) is 0.312. The minimum atomic E-state index is -0.113. The molecule has 1 N–H and O–H groups in total. The summed E-state index contributed by atoms with van der Waals surface area (Å²) in [6, 6.07) is 14.5. The number of carbonyl (C=O) groups excluding carboxylic acids is 1. The Hall–Kier alpha value is -1.65. The molecular weight excluding hydrogens is 270 g/mol. The third kappa shape index (κ3) is 3.26. The summed E-state index contributed by atoms with van der Waals surface area (Å²) in [6.45, 7) is 0.407. The van der Waals surface area contributed by atoms with Gasteiger partial charge in [-0.2, -0.15) is 0 Å². The lowest BCUT2D eigenvalue weighted by atomic mass is 10.0. The fourth-order valence-electron chi connectivity index (χ4n) is 2.51. The first-order valence-electron chi connectivity index (χ1n) is 6.80. The Morgan fingerprint density at radius 1 is 1.20 bits per heavy atom. The average Bonchev–Trinajstić information content (AvgIpc) is 2.89. The molecular formula is C16H17NO2S. The minimum absolute atomic E-state index is 0.0765. The molecule has 0 spiro atoms. The smallest absolute Gasteiger partial charge is 0.307 e. The maximum Gasteiger partial charge on any atom is 0.307 e. The predicted molar refractivity (Wildman–Crippen MR) is 79.7 cm³/mol. The second kappa shape index (κ2) is 6.20.